The van der Waals surface area contributed by atoms with Crippen LogP contribution in [0.2, 0.25) is 0 Å². The molecular weight excluding hydrogens is 214 g/mol. The second-order valence-corrected chi connectivity index (χ2v) is 4.80. The number of hydrogen-bond donors (Lipinski definition) is 1. The molecule has 1 aromatic heterocycles. The minimum atomic E-state index is 0.341. The van der Waals surface area contributed by atoms with Crippen LogP contribution < -0.4 is 5.32 Å². The molecule has 17 heavy (non-hydrogen) atoms. The quantitative estimate of drug-likeness (QED) is 0.670. The normalized spacial score (nSPS) is 17.2. The first-order valence-corrected chi connectivity index (χ1v) is 6.74. The van der Waals surface area contributed by atoms with Crippen LogP contribution in [-0.4, -0.2) is 19.8 Å². The molecule has 1 aliphatic carbocycles. The van der Waals surface area contributed by atoms with Crippen LogP contribution in [0.5, 0.6) is 0 Å². The van der Waals surface area contributed by atoms with E-state index in [-0.39, 0.29) is 0 Å². The summed E-state index contributed by atoms with van der Waals surface area (Å²) in [5.74, 6) is 1.90. The summed E-state index contributed by atoms with van der Waals surface area (Å²) >= 11 is 0. The van der Waals surface area contributed by atoms with Crippen LogP contribution in [0.3, 0.4) is 0 Å². The molecule has 0 radical (unpaired) electrons. The molecule has 1 atom stereocenters. The zero-order chi connectivity index (χ0) is 11.9. The Kier molecular flexibility index (Phi) is 5.08. The van der Waals surface area contributed by atoms with Gasteiger partial charge >= 0.3 is 0 Å². The van der Waals surface area contributed by atoms with Crippen molar-refractivity contribution < 1.29 is 9.15 Å². The zero-order valence-electron chi connectivity index (χ0n) is 10.7. The fourth-order valence-corrected chi connectivity index (χ4v) is 1.92. The van der Waals surface area contributed by atoms with Gasteiger partial charge in [0, 0.05) is 13.2 Å². The molecule has 3 nitrogen and oxygen atoms in total. The standard InChI is InChI=1S/C14H23NO2/c1-2-13(14-5-3-10-17-14)15-8-4-9-16-11-12-6-7-12/h3,5,10,12-13,15H,2,4,6-9,11H2,1H3. The molecule has 1 unspecified atom stereocenters. The van der Waals surface area contributed by atoms with Gasteiger partial charge in [0.15, 0.2) is 0 Å². The van der Waals surface area contributed by atoms with E-state index >= 15 is 0 Å². The second kappa shape index (κ2) is 6.82. The van der Waals surface area contributed by atoms with Gasteiger partial charge in [-0.3, -0.25) is 0 Å². The molecule has 0 aliphatic heterocycles. The van der Waals surface area contributed by atoms with Crippen molar-refractivity contribution in [3.8, 4) is 0 Å². The van der Waals surface area contributed by atoms with Crippen molar-refractivity contribution in [2.75, 3.05) is 19.8 Å². The van der Waals surface area contributed by atoms with E-state index in [1.165, 1.54) is 12.8 Å². The van der Waals surface area contributed by atoms with Gasteiger partial charge in [0.1, 0.15) is 5.76 Å². The van der Waals surface area contributed by atoms with E-state index in [2.05, 4.69) is 12.2 Å². The summed E-state index contributed by atoms with van der Waals surface area (Å²) in [6.45, 7) is 5.00. The minimum Gasteiger partial charge on any atom is -0.468 e. The monoisotopic (exact) mass is 237 g/mol. The first-order valence-electron chi connectivity index (χ1n) is 6.74. The minimum absolute atomic E-state index is 0.341. The fraction of sp³-hybridized carbons (Fsp3) is 0.714. The highest BCUT2D eigenvalue weighted by Gasteiger charge is 2.20. The molecule has 0 aromatic carbocycles. The van der Waals surface area contributed by atoms with Crippen molar-refractivity contribution in [2.24, 2.45) is 5.92 Å². The molecule has 1 N–H and O–H groups in total. The first kappa shape index (κ1) is 12.7. The van der Waals surface area contributed by atoms with Gasteiger partial charge in [0.05, 0.1) is 12.3 Å². The van der Waals surface area contributed by atoms with E-state index in [1.807, 2.05) is 12.1 Å². The Balaban J connectivity index is 1.53. The summed E-state index contributed by atoms with van der Waals surface area (Å²) in [5, 5.41) is 3.50. The van der Waals surface area contributed by atoms with Gasteiger partial charge in [0.25, 0.3) is 0 Å². The Bertz CT molecular complexity index is 293. The topological polar surface area (TPSA) is 34.4 Å². The predicted octanol–water partition coefficient (Wildman–Crippen LogP) is 3.14. The molecule has 1 heterocycles. The number of hydrogen-bond acceptors (Lipinski definition) is 3. The number of furan rings is 1. The average Bonchev–Trinajstić information content (AvgIpc) is 3.01. The van der Waals surface area contributed by atoms with Crippen molar-refractivity contribution in [3.05, 3.63) is 24.2 Å². The number of nitrogens with one attached hydrogen (secondary N) is 1. The highest BCUT2D eigenvalue weighted by Crippen LogP contribution is 2.28. The van der Waals surface area contributed by atoms with Crippen LogP contribution >= 0.6 is 0 Å². The lowest BCUT2D eigenvalue weighted by Gasteiger charge is -2.14. The van der Waals surface area contributed by atoms with Crippen LogP contribution in [0, 0.1) is 5.92 Å². The van der Waals surface area contributed by atoms with E-state index in [0.29, 0.717) is 6.04 Å². The third kappa shape index (κ3) is 4.52. The van der Waals surface area contributed by atoms with Gasteiger partial charge in [-0.25, -0.2) is 0 Å². The molecular formula is C14H23NO2. The second-order valence-electron chi connectivity index (χ2n) is 4.80. The zero-order valence-corrected chi connectivity index (χ0v) is 10.7. The van der Waals surface area contributed by atoms with Gasteiger partial charge in [0.2, 0.25) is 0 Å². The molecule has 3 heteroatoms. The summed E-state index contributed by atoms with van der Waals surface area (Å²) in [7, 11) is 0. The van der Waals surface area contributed by atoms with Gasteiger partial charge < -0.3 is 14.5 Å². The first-order chi connectivity index (χ1) is 8.40. The lowest BCUT2D eigenvalue weighted by Crippen LogP contribution is -2.22. The van der Waals surface area contributed by atoms with Crippen LogP contribution in [0.15, 0.2) is 22.8 Å². The maximum atomic E-state index is 5.60. The molecule has 0 spiro atoms. The highest BCUT2D eigenvalue weighted by atomic mass is 16.5. The molecule has 0 saturated heterocycles. The van der Waals surface area contributed by atoms with Crippen LogP contribution in [0.4, 0.5) is 0 Å². The summed E-state index contributed by atoms with van der Waals surface area (Å²) in [5.41, 5.74) is 0. The summed E-state index contributed by atoms with van der Waals surface area (Å²) in [6.07, 6.45) is 6.60. The Morgan fingerprint density at radius 2 is 2.41 bits per heavy atom. The molecule has 0 bridgehead atoms. The average molecular weight is 237 g/mol. The van der Waals surface area contributed by atoms with E-state index in [0.717, 1.165) is 44.3 Å². The van der Waals surface area contributed by atoms with Crippen molar-refractivity contribution in [1.29, 1.82) is 0 Å². The molecule has 1 saturated carbocycles. The van der Waals surface area contributed by atoms with Crippen molar-refractivity contribution in [2.45, 2.75) is 38.6 Å². The molecule has 2 rings (SSSR count). The predicted molar refractivity (Wildman–Crippen MR) is 67.9 cm³/mol. The van der Waals surface area contributed by atoms with Gasteiger partial charge in [-0.1, -0.05) is 6.92 Å². The highest BCUT2D eigenvalue weighted by molar-refractivity contribution is 5.03. The van der Waals surface area contributed by atoms with Crippen LogP contribution in [-0.2, 0) is 4.74 Å². The summed E-state index contributed by atoms with van der Waals surface area (Å²) in [4.78, 5) is 0. The van der Waals surface area contributed by atoms with Gasteiger partial charge in [-0.2, -0.15) is 0 Å². The Morgan fingerprint density at radius 3 is 3.06 bits per heavy atom. The lowest BCUT2D eigenvalue weighted by molar-refractivity contribution is 0.121. The van der Waals surface area contributed by atoms with Gasteiger partial charge in [-0.05, 0) is 50.3 Å². The summed E-state index contributed by atoms with van der Waals surface area (Å²) < 4.78 is 11.0. The molecule has 0 amide bonds. The Hall–Kier alpha value is -0.800. The fourth-order valence-electron chi connectivity index (χ4n) is 1.92. The van der Waals surface area contributed by atoms with E-state index in [1.54, 1.807) is 6.26 Å². The van der Waals surface area contributed by atoms with Crippen molar-refractivity contribution in [3.63, 3.8) is 0 Å². The summed E-state index contributed by atoms with van der Waals surface area (Å²) in [6, 6.07) is 4.32. The SMILES string of the molecule is CCC(NCCCOCC1CC1)c1ccco1. The van der Waals surface area contributed by atoms with Crippen LogP contribution in [0.25, 0.3) is 0 Å². The van der Waals surface area contributed by atoms with Gasteiger partial charge in [-0.15, -0.1) is 0 Å². The third-order valence-corrected chi connectivity index (χ3v) is 3.20. The third-order valence-electron chi connectivity index (χ3n) is 3.20. The van der Waals surface area contributed by atoms with E-state index in [9.17, 15) is 0 Å². The lowest BCUT2D eigenvalue weighted by atomic mass is 10.1. The van der Waals surface area contributed by atoms with Crippen LogP contribution in [0.1, 0.15) is 44.4 Å². The molecule has 96 valence electrons. The maximum absolute atomic E-state index is 5.60. The van der Waals surface area contributed by atoms with E-state index in [4.69, 9.17) is 9.15 Å². The Labute approximate surface area is 104 Å². The van der Waals surface area contributed by atoms with E-state index < -0.39 is 0 Å². The molecule has 1 aromatic rings. The Morgan fingerprint density at radius 1 is 1.53 bits per heavy atom. The van der Waals surface area contributed by atoms with Crippen molar-refractivity contribution in [1.82, 2.24) is 5.32 Å². The maximum Gasteiger partial charge on any atom is 0.120 e. The largest absolute Gasteiger partial charge is 0.468 e. The molecule has 1 fully saturated rings. The van der Waals surface area contributed by atoms with Crippen molar-refractivity contribution >= 4 is 0 Å². The molecule has 1 aliphatic rings. The number of rotatable bonds is 9. The smallest absolute Gasteiger partial charge is 0.120 e. The number of ether oxygens (including phenoxy) is 1.